The first-order chi connectivity index (χ1) is 8.16. The van der Waals surface area contributed by atoms with Crippen molar-refractivity contribution in [1.29, 1.82) is 0 Å². The van der Waals surface area contributed by atoms with Crippen molar-refractivity contribution in [2.24, 2.45) is 0 Å². The summed E-state index contributed by atoms with van der Waals surface area (Å²) in [5, 5.41) is 18.1. The molecule has 0 radical (unpaired) electrons. The second-order valence-corrected chi connectivity index (χ2v) is 3.44. The molecule has 0 atom stereocenters. The molecule has 2 aromatic rings. The quantitative estimate of drug-likeness (QED) is 0.747. The average Bonchev–Trinajstić information content (AvgIpc) is 2.79. The lowest BCUT2D eigenvalue weighted by Crippen LogP contribution is -2.14. The number of hydrogen-bond donors (Lipinski definition) is 3. The van der Waals surface area contributed by atoms with Crippen LogP contribution in [0.15, 0.2) is 18.5 Å². The third-order valence-corrected chi connectivity index (χ3v) is 2.16. The number of nitrogens with zero attached hydrogens (tertiary/aromatic N) is 2. The molecule has 0 unspecified atom stereocenters. The molecule has 1 aromatic carbocycles. The molecule has 0 spiro atoms. The summed E-state index contributed by atoms with van der Waals surface area (Å²) in [7, 11) is 0. The van der Waals surface area contributed by atoms with Crippen molar-refractivity contribution < 1.29 is 13.9 Å². The minimum absolute atomic E-state index is 0.259. The number of halogens is 2. The van der Waals surface area contributed by atoms with Gasteiger partial charge in [-0.25, -0.2) is 13.8 Å². The van der Waals surface area contributed by atoms with Gasteiger partial charge in [-0.2, -0.15) is 5.10 Å². The first-order valence-corrected chi connectivity index (χ1v) is 4.88. The van der Waals surface area contributed by atoms with Crippen molar-refractivity contribution in [3.8, 4) is 5.75 Å². The molecule has 17 heavy (non-hydrogen) atoms. The van der Waals surface area contributed by atoms with Gasteiger partial charge in [-0.15, -0.1) is 0 Å². The zero-order valence-corrected chi connectivity index (χ0v) is 8.74. The van der Waals surface area contributed by atoms with Gasteiger partial charge < -0.3 is 10.4 Å². The fourth-order valence-corrected chi connectivity index (χ4v) is 1.36. The van der Waals surface area contributed by atoms with E-state index >= 15 is 0 Å². The first-order valence-electron chi connectivity index (χ1n) is 4.88. The lowest BCUT2D eigenvalue weighted by molar-refractivity contribution is 0.395. The lowest BCUT2D eigenvalue weighted by atomic mass is 10.2. The topological polar surface area (TPSA) is 73.8 Å². The number of hydrogen-bond acceptors (Lipinski definition) is 4. The Kier molecular flexibility index (Phi) is 3.29. The summed E-state index contributed by atoms with van der Waals surface area (Å²) in [4.78, 5) is 3.88. The van der Waals surface area contributed by atoms with Crippen LogP contribution in [0.1, 0.15) is 11.4 Å². The number of H-pyrrole nitrogens is 1. The van der Waals surface area contributed by atoms with E-state index in [1.807, 2.05) is 0 Å². The minimum atomic E-state index is -0.971. The highest BCUT2D eigenvalue weighted by molar-refractivity contribution is 5.29. The predicted octanol–water partition coefficient (Wildman–Crippen LogP) is 1.08. The Morgan fingerprint density at radius 1 is 1.24 bits per heavy atom. The second kappa shape index (κ2) is 4.88. The molecule has 0 saturated carbocycles. The van der Waals surface area contributed by atoms with Crippen LogP contribution in [0.4, 0.5) is 8.78 Å². The molecule has 1 heterocycles. The average molecular weight is 240 g/mol. The van der Waals surface area contributed by atoms with Crippen LogP contribution in [0.3, 0.4) is 0 Å². The maximum absolute atomic E-state index is 13.0. The summed E-state index contributed by atoms with van der Waals surface area (Å²) in [5.74, 6) is -2.27. The zero-order valence-electron chi connectivity index (χ0n) is 8.74. The summed E-state index contributed by atoms with van der Waals surface area (Å²) in [6.45, 7) is 0.666. The van der Waals surface area contributed by atoms with Crippen molar-refractivity contribution in [3.05, 3.63) is 41.5 Å². The number of aromatic amines is 1. The molecule has 3 N–H and O–H groups in total. The molecule has 0 saturated heterocycles. The van der Waals surface area contributed by atoms with Crippen molar-refractivity contribution in [2.45, 2.75) is 13.1 Å². The lowest BCUT2D eigenvalue weighted by Gasteiger charge is -2.05. The standard InChI is InChI=1S/C10H10F2N4O/c11-7-1-6(2-8(12)10(7)17)3-13-4-9-14-5-15-16-9/h1-2,5,13,17H,3-4H2,(H,14,15,16). The molecule has 7 heteroatoms. The van der Waals surface area contributed by atoms with Crippen LogP contribution >= 0.6 is 0 Å². The molecule has 0 aliphatic heterocycles. The summed E-state index contributed by atoms with van der Waals surface area (Å²) >= 11 is 0. The van der Waals surface area contributed by atoms with Gasteiger partial charge in [-0.05, 0) is 17.7 Å². The normalized spacial score (nSPS) is 10.7. The number of rotatable bonds is 4. The maximum Gasteiger partial charge on any atom is 0.187 e. The van der Waals surface area contributed by atoms with Crippen LogP contribution < -0.4 is 5.32 Å². The van der Waals surface area contributed by atoms with Gasteiger partial charge in [0.2, 0.25) is 0 Å². The second-order valence-electron chi connectivity index (χ2n) is 3.44. The van der Waals surface area contributed by atoms with Crippen molar-refractivity contribution in [3.63, 3.8) is 0 Å². The van der Waals surface area contributed by atoms with E-state index < -0.39 is 17.4 Å². The Labute approximate surface area is 95.5 Å². The summed E-state index contributed by atoms with van der Waals surface area (Å²) in [6, 6.07) is 2.15. The molecule has 0 aliphatic carbocycles. The smallest absolute Gasteiger partial charge is 0.187 e. The van der Waals surface area contributed by atoms with Crippen LogP contribution in [0.2, 0.25) is 0 Å². The summed E-state index contributed by atoms with van der Waals surface area (Å²) in [5.41, 5.74) is 0.400. The number of nitrogens with one attached hydrogen (secondary N) is 2. The maximum atomic E-state index is 13.0. The Bertz CT molecular complexity index is 478. The largest absolute Gasteiger partial charge is 0.503 e. The van der Waals surface area contributed by atoms with Gasteiger partial charge in [0, 0.05) is 6.54 Å². The van der Waals surface area contributed by atoms with Crippen LogP contribution in [0.5, 0.6) is 5.75 Å². The van der Waals surface area contributed by atoms with Gasteiger partial charge in [-0.3, -0.25) is 5.10 Å². The van der Waals surface area contributed by atoms with E-state index in [1.165, 1.54) is 6.33 Å². The van der Waals surface area contributed by atoms with Crippen molar-refractivity contribution in [1.82, 2.24) is 20.5 Å². The third-order valence-electron chi connectivity index (χ3n) is 2.16. The van der Waals surface area contributed by atoms with Crippen molar-refractivity contribution in [2.75, 3.05) is 0 Å². The molecule has 1 aromatic heterocycles. The Balaban J connectivity index is 1.95. The molecule has 2 rings (SSSR count). The minimum Gasteiger partial charge on any atom is -0.503 e. The van der Waals surface area contributed by atoms with E-state index in [9.17, 15) is 8.78 Å². The van der Waals surface area contributed by atoms with Gasteiger partial charge in [0.05, 0.1) is 6.54 Å². The Hall–Kier alpha value is -2.02. The van der Waals surface area contributed by atoms with Gasteiger partial charge in [0.15, 0.2) is 17.4 Å². The SMILES string of the molecule is Oc1c(F)cc(CNCc2ncn[nH]2)cc1F. The number of aromatic hydroxyl groups is 1. The zero-order chi connectivity index (χ0) is 12.3. The molecule has 0 aliphatic rings. The third kappa shape index (κ3) is 2.76. The van der Waals surface area contributed by atoms with Crippen LogP contribution in [-0.4, -0.2) is 20.3 Å². The highest BCUT2D eigenvalue weighted by Crippen LogP contribution is 2.21. The van der Waals surface area contributed by atoms with E-state index in [0.717, 1.165) is 12.1 Å². The van der Waals surface area contributed by atoms with Gasteiger partial charge in [0.25, 0.3) is 0 Å². The van der Waals surface area contributed by atoms with E-state index in [1.54, 1.807) is 0 Å². The first kappa shape index (κ1) is 11.5. The fraction of sp³-hybridized carbons (Fsp3) is 0.200. The van der Waals surface area contributed by atoms with Crippen molar-refractivity contribution >= 4 is 0 Å². The highest BCUT2D eigenvalue weighted by Gasteiger charge is 2.09. The number of benzene rings is 1. The molecule has 0 fully saturated rings. The number of aromatic nitrogens is 3. The van der Waals surface area contributed by atoms with Crippen LogP contribution in [0, 0.1) is 11.6 Å². The van der Waals surface area contributed by atoms with E-state index in [4.69, 9.17) is 5.11 Å². The Morgan fingerprint density at radius 2 is 1.94 bits per heavy atom. The molecule has 90 valence electrons. The molecular weight excluding hydrogens is 230 g/mol. The predicted molar refractivity (Wildman–Crippen MR) is 54.9 cm³/mol. The van der Waals surface area contributed by atoms with Gasteiger partial charge in [0.1, 0.15) is 12.2 Å². The molecule has 5 nitrogen and oxygen atoms in total. The molecule has 0 amide bonds. The number of phenolic OH excluding ortho intramolecular Hbond substituents is 1. The van der Waals surface area contributed by atoms with Gasteiger partial charge in [-0.1, -0.05) is 0 Å². The van der Waals surface area contributed by atoms with Gasteiger partial charge >= 0.3 is 0 Å². The highest BCUT2D eigenvalue weighted by atomic mass is 19.1. The molecule has 0 bridgehead atoms. The van der Waals surface area contributed by atoms with E-state index in [-0.39, 0.29) is 6.54 Å². The van der Waals surface area contributed by atoms with Crippen LogP contribution in [0.25, 0.3) is 0 Å². The molecular formula is C10H10F2N4O. The van der Waals surface area contributed by atoms with E-state index in [0.29, 0.717) is 17.9 Å². The number of phenols is 1. The van der Waals surface area contributed by atoms with Crippen LogP contribution in [-0.2, 0) is 13.1 Å². The summed E-state index contributed by atoms with van der Waals surface area (Å²) < 4.78 is 26.0. The summed E-state index contributed by atoms with van der Waals surface area (Å²) in [6.07, 6.45) is 1.37. The fourth-order valence-electron chi connectivity index (χ4n) is 1.36. The van der Waals surface area contributed by atoms with E-state index in [2.05, 4.69) is 20.5 Å². The monoisotopic (exact) mass is 240 g/mol. The Morgan fingerprint density at radius 3 is 2.53 bits per heavy atom.